The predicted molar refractivity (Wildman–Crippen MR) is 42.4 cm³/mol. The Labute approximate surface area is 71.5 Å². The molecule has 1 rings (SSSR count). The molecule has 0 radical (unpaired) electrons. The molecule has 1 heterocycles. The van der Waals surface area contributed by atoms with Crippen LogP contribution in [0.1, 0.15) is 19.8 Å². The number of carbonyl (C=O) groups is 2. The third-order valence-corrected chi connectivity index (χ3v) is 1.92. The van der Waals surface area contributed by atoms with Crippen molar-refractivity contribution < 1.29 is 14.3 Å². The second kappa shape index (κ2) is 3.56. The quantitative estimate of drug-likeness (QED) is 0.528. The zero-order valence-electron chi connectivity index (χ0n) is 7.37. The van der Waals surface area contributed by atoms with Crippen molar-refractivity contribution >= 4 is 11.9 Å². The van der Waals surface area contributed by atoms with Crippen LogP contribution in [0, 0.1) is 0 Å². The van der Waals surface area contributed by atoms with Crippen LogP contribution in [0.2, 0.25) is 0 Å². The van der Waals surface area contributed by atoms with Crippen LogP contribution in [-0.4, -0.2) is 36.5 Å². The molecular formula is C8H13NO3. The number of nitrogens with zero attached hydrogens (tertiary/aromatic N) is 1. The molecule has 1 atom stereocenters. The molecule has 68 valence electrons. The van der Waals surface area contributed by atoms with Gasteiger partial charge in [0.2, 0.25) is 0 Å². The summed E-state index contributed by atoms with van der Waals surface area (Å²) < 4.78 is 4.84. The Morgan fingerprint density at radius 2 is 2.33 bits per heavy atom. The summed E-state index contributed by atoms with van der Waals surface area (Å²) in [6.45, 7) is 2.08. The SMILES string of the molecule is CC(=O)O[C@H]1CCCN(C)C1=O. The molecule has 0 unspecified atom stereocenters. The molecule has 1 aliphatic heterocycles. The Balaban J connectivity index is 2.52. The van der Waals surface area contributed by atoms with Crippen LogP contribution < -0.4 is 0 Å². The summed E-state index contributed by atoms with van der Waals surface area (Å²) in [4.78, 5) is 23.5. The van der Waals surface area contributed by atoms with Crippen molar-refractivity contribution in [1.29, 1.82) is 0 Å². The van der Waals surface area contributed by atoms with Crippen LogP contribution in [0.25, 0.3) is 0 Å². The average molecular weight is 171 g/mol. The Hall–Kier alpha value is -1.06. The molecular weight excluding hydrogens is 158 g/mol. The molecule has 4 nitrogen and oxygen atoms in total. The van der Waals surface area contributed by atoms with Gasteiger partial charge in [0.1, 0.15) is 0 Å². The molecule has 0 saturated carbocycles. The lowest BCUT2D eigenvalue weighted by molar-refractivity contribution is -0.160. The molecule has 1 amide bonds. The monoisotopic (exact) mass is 171 g/mol. The highest BCUT2D eigenvalue weighted by molar-refractivity contribution is 5.83. The maximum atomic E-state index is 11.3. The van der Waals surface area contributed by atoms with Gasteiger partial charge in [-0.05, 0) is 12.8 Å². The lowest BCUT2D eigenvalue weighted by Gasteiger charge is -2.28. The van der Waals surface area contributed by atoms with E-state index in [1.54, 1.807) is 11.9 Å². The van der Waals surface area contributed by atoms with E-state index in [1.807, 2.05) is 0 Å². The highest BCUT2D eigenvalue weighted by atomic mass is 16.5. The number of hydrogen-bond donors (Lipinski definition) is 0. The number of rotatable bonds is 1. The van der Waals surface area contributed by atoms with Crippen molar-refractivity contribution in [3.63, 3.8) is 0 Å². The fourth-order valence-electron chi connectivity index (χ4n) is 1.30. The van der Waals surface area contributed by atoms with Gasteiger partial charge in [-0.2, -0.15) is 0 Å². The Morgan fingerprint density at radius 3 is 2.92 bits per heavy atom. The van der Waals surface area contributed by atoms with E-state index < -0.39 is 6.10 Å². The average Bonchev–Trinajstić information content (AvgIpc) is 1.98. The van der Waals surface area contributed by atoms with Gasteiger partial charge in [0.05, 0.1) is 0 Å². The van der Waals surface area contributed by atoms with Crippen molar-refractivity contribution in [2.75, 3.05) is 13.6 Å². The van der Waals surface area contributed by atoms with Crippen molar-refractivity contribution in [2.24, 2.45) is 0 Å². The fraction of sp³-hybridized carbons (Fsp3) is 0.750. The second-order valence-electron chi connectivity index (χ2n) is 3.00. The second-order valence-corrected chi connectivity index (χ2v) is 3.00. The summed E-state index contributed by atoms with van der Waals surface area (Å²) in [5.41, 5.74) is 0. The molecule has 0 aromatic heterocycles. The lowest BCUT2D eigenvalue weighted by Crippen LogP contribution is -2.43. The first-order valence-electron chi connectivity index (χ1n) is 4.03. The molecule has 1 saturated heterocycles. The number of esters is 1. The van der Waals surface area contributed by atoms with E-state index >= 15 is 0 Å². The van der Waals surface area contributed by atoms with E-state index in [0.717, 1.165) is 13.0 Å². The Bertz CT molecular complexity index is 202. The first-order chi connectivity index (χ1) is 5.61. The van der Waals surface area contributed by atoms with E-state index in [9.17, 15) is 9.59 Å². The van der Waals surface area contributed by atoms with Gasteiger partial charge in [-0.3, -0.25) is 9.59 Å². The number of ether oxygens (including phenoxy) is 1. The minimum Gasteiger partial charge on any atom is -0.452 e. The number of piperidine rings is 1. The topological polar surface area (TPSA) is 46.6 Å². The maximum Gasteiger partial charge on any atom is 0.303 e. The van der Waals surface area contributed by atoms with Crippen molar-refractivity contribution in [2.45, 2.75) is 25.9 Å². The zero-order chi connectivity index (χ0) is 9.14. The van der Waals surface area contributed by atoms with Crippen LogP contribution in [0.4, 0.5) is 0 Å². The molecule has 0 aromatic rings. The number of carbonyl (C=O) groups excluding carboxylic acids is 2. The van der Waals surface area contributed by atoms with E-state index in [1.165, 1.54) is 6.92 Å². The summed E-state index contributed by atoms with van der Waals surface area (Å²) >= 11 is 0. The minimum absolute atomic E-state index is 0.0866. The summed E-state index contributed by atoms with van der Waals surface area (Å²) in [6.07, 6.45) is 1.02. The molecule has 0 spiro atoms. The van der Waals surface area contributed by atoms with Gasteiger partial charge in [-0.25, -0.2) is 0 Å². The summed E-state index contributed by atoms with van der Waals surface area (Å²) in [6, 6.07) is 0. The lowest BCUT2D eigenvalue weighted by atomic mass is 10.1. The van der Waals surface area contributed by atoms with Crippen LogP contribution in [-0.2, 0) is 14.3 Å². The van der Waals surface area contributed by atoms with Gasteiger partial charge in [0, 0.05) is 20.5 Å². The van der Waals surface area contributed by atoms with Gasteiger partial charge >= 0.3 is 5.97 Å². The van der Waals surface area contributed by atoms with E-state index in [2.05, 4.69) is 0 Å². The largest absolute Gasteiger partial charge is 0.452 e. The van der Waals surface area contributed by atoms with Crippen molar-refractivity contribution in [3.05, 3.63) is 0 Å². The molecule has 1 aliphatic rings. The van der Waals surface area contributed by atoms with Gasteiger partial charge in [-0.1, -0.05) is 0 Å². The molecule has 0 bridgehead atoms. The zero-order valence-corrected chi connectivity index (χ0v) is 7.37. The Morgan fingerprint density at radius 1 is 1.67 bits per heavy atom. The third-order valence-electron chi connectivity index (χ3n) is 1.92. The van der Waals surface area contributed by atoms with Gasteiger partial charge < -0.3 is 9.64 Å². The first-order valence-corrected chi connectivity index (χ1v) is 4.03. The van der Waals surface area contributed by atoms with E-state index in [4.69, 9.17) is 4.74 Å². The van der Waals surface area contributed by atoms with Gasteiger partial charge in [0.25, 0.3) is 5.91 Å². The molecule has 0 N–H and O–H groups in total. The summed E-state index contributed by atoms with van der Waals surface area (Å²) in [7, 11) is 1.72. The van der Waals surface area contributed by atoms with E-state index in [-0.39, 0.29) is 11.9 Å². The van der Waals surface area contributed by atoms with Crippen LogP contribution in [0.3, 0.4) is 0 Å². The van der Waals surface area contributed by atoms with Crippen LogP contribution in [0.15, 0.2) is 0 Å². The van der Waals surface area contributed by atoms with Gasteiger partial charge in [-0.15, -0.1) is 0 Å². The number of likely N-dealkylation sites (N-methyl/N-ethyl adjacent to an activating group) is 1. The third kappa shape index (κ3) is 1.96. The van der Waals surface area contributed by atoms with Gasteiger partial charge in [0.15, 0.2) is 6.10 Å². The molecule has 0 aromatic carbocycles. The highest BCUT2D eigenvalue weighted by Gasteiger charge is 2.28. The van der Waals surface area contributed by atoms with Crippen LogP contribution >= 0.6 is 0 Å². The van der Waals surface area contributed by atoms with Crippen molar-refractivity contribution in [3.8, 4) is 0 Å². The Kier molecular flexibility index (Phi) is 2.68. The van der Waals surface area contributed by atoms with E-state index in [0.29, 0.717) is 6.42 Å². The molecule has 12 heavy (non-hydrogen) atoms. The molecule has 0 aliphatic carbocycles. The number of hydrogen-bond acceptors (Lipinski definition) is 3. The van der Waals surface area contributed by atoms with Crippen LogP contribution in [0.5, 0.6) is 0 Å². The summed E-state index contributed by atoms with van der Waals surface area (Å²) in [5, 5.41) is 0. The fourth-order valence-corrected chi connectivity index (χ4v) is 1.30. The maximum absolute atomic E-state index is 11.3. The predicted octanol–water partition coefficient (Wildman–Crippen LogP) is 0.170. The number of likely N-dealkylation sites (tertiary alicyclic amines) is 1. The number of amides is 1. The summed E-state index contributed by atoms with van der Waals surface area (Å²) in [5.74, 6) is -0.472. The molecule has 1 fully saturated rings. The normalized spacial score (nSPS) is 24.0. The standard InChI is InChI=1S/C8H13NO3/c1-6(10)12-7-4-3-5-9(2)8(7)11/h7H,3-5H2,1-2H3/t7-/m0/s1. The smallest absolute Gasteiger partial charge is 0.303 e. The first kappa shape index (κ1) is 9.03. The highest BCUT2D eigenvalue weighted by Crippen LogP contribution is 2.12. The minimum atomic E-state index is -0.541. The molecule has 4 heteroatoms. The van der Waals surface area contributed by atoms with Crippen molar-refractivity contribution in [1.82, 2.24) is 4.90 Å².